The van der Waals surface area contributed by atoms with Gasteiger partial charge in [0.05, 0.1) is 30.7 Å². The molecule has 0 fully saturated rings. The normalized spacial score (nSPS) is 15.2. The molecule has 0 radical (unpaired) electrons. The van der Waals surface area contributed by atoms with Crippen molar-refractivity contribution in [1.29, 1.82) is 0 Å². The van der Waals surface area contributed by atoms with Crippen molar-refractivity contribution in [1.82, 2.24) is 10.2 Å². The first kappa shape index (κ1) is 24.0. The molecule has 188 valence electrons. The maximum absolute atomic E-state index is 6.52. The van der Waals surface area contributed by atoms with Crippen LogP contribution in [0.3, 0.4) is 0 Å². The largest absolute Gasteiger partial charge is 0.497 e. The Hall–Kier alpha value is -4.35. The number of benzodiazepines with no additional fused rings is 1. The number of anilines is 1. The Morgan fingerprint density at radius 1 is 0.947 bits per heavy atom. The van der Waals surface area contributed by atoms with Crippen LogP contribution in [0, 0.1) is 0 Å². The number of aromatic nitrogens is 2. The summed E-state index contributed by atoms with van der Waals surface area (Å²) in [6.07, 6.45) is 4.39. The fourth-order valence-corrected chi connectivity index (χ4v) is 5.20. The van der Waals surface area contributed by atoms with Crippen molar-refractivity contribution in [3.63, 3.8) is 0 Å². The van der Waals surface area contributed by atoms with Gasteiger partial charge >= 0.3 is 0 Å². The number of ether oxygens (including phenoxy) is 1. The van der Waals surface area contributed by atoms with Gasteiger partial charge in [-0.25, -0.2) is 0 Å². The average molecular weight is 519 g/mol. The van der Waals surface area contributed by atoms with Crippen LogP contribution < -0.4 is 9.64 Å². The van der Waals surface area contributed by atoms with Gasteiger partial charge in [-0.3, -0.25) is 10.1 Å². The number of methoxy groups -OCH3 is 1. The lowest BCUT2D eigenvalue weighted by atomic mass is 10.00. The van der Waals surface area contributed by atoms with Gasteiger partial charge in [0.15, 0.2) is 0 Å². The molecule has 2 heterocycles. The van der Waals surface area contributed by atoms with E-state index in [0.29, 0.717) is 18.0 Å². The summed E-state index contributed by atoms with van der Waals surface area (Å²) in [6, 6.07) is 28.9. The highest BCUT2D eigenvalue weighted by Gasteiger charge is 2.29. The van der Waals surface area contributed by atoms with E-state index in [1.54, 1.807) is 13.3 Å². The standard InChI is InChI=1S/C32H27ClN4O/c1-21-30(16-23-7-10-24-5-3-4-6-25(24)15-23)36-32(26-18-34-35-19-26)29-17-27(33)11-14-31(29)37(21)20-22-8-12-28(38-2)13-9-22/h3-15,17-19,30H,1,16,20H2,2H3,(H,34,35). The SMILES string of the molecule is C=C1C(Cc2ccc3ccccc3c2)N=C(c2cn[nH]c2)c2cc(Cl)ccc2N1Cc1ccc(OC)cc1. The van der Waals surface area contributed by atoms with Gasteiger partial charge in [-0.2, -0.15) is 5.10 Å². The third kappa shape index (κ3) is 4.69. The Balaban J connectivity index is 1.46. The molecule has 1 aliphatic heterocycles. The number of rotatable bonds is 6. The van der Waals surface area contributed by atoms with E-state index >= 15 is 0 Å². The molecule has 5 aromatic rings. The number of hydrogen-bond donors (Lipinski definition) is 1. The predicted molar refractivity (Wildman–Crippen MR) is 155 cm³/mol. The van der Waals surface area contributed by atoms with Crippen LogP contribution in [0.2, 0.25) is 5.02 Å². The van der Waals surface area contributed by atoms with E-state index in [2.05, 4.69) is 82.3 Å². The highest BCUT2D eigenvalue weighted by atomic mass is 35.5. The molecule has 1 N–H and O–H groups in total. The molecule has 6 heteroatoms. The van der Waals surface area contributed by atoms with E-state index in [0.717, 1.165) is 39.5 Å². The molecule has 1 aromatic heterocycles. The zero-order valence-electron chi connectivity index (χ0n) is 21.1. The average Bonchev–Trinajstić information content (AvgIpc) is 3.46. The van der Waals surface area contributed by atoms with Crippen LogP contribution in [0.1, 0.15) is 22.3 Å². The van der Waals surface area contributed by atoms with Gasteiger partial charge in [-0.05, 0) is 52.2 Å². The molecule has 0 aliphatic carbocycles. The number of nitrogens with zero attached hydrogens (tertiary/aromatic N) is 3. The first-order valence-corrected chi connectivity index (χ1v) is 12.9. The third-order valence-corrected chi connectivity index (χ3v) is 7.27. The molecule has 0 amide bonds. The number of hydrogen-bond acceptors (Lipinski definition) is 4. The Labute approximate surface area is 227 Å². The maximum Gasteiger partial charge on any atom is 0.118 e. The number of H-pyrrole nitrogens is 1. The van der Waals surface area contributed by atoms with Gasteiger partial charge in [-0.15, -0.1) is 0 Å². The molecule has 0 spiro atoms. The van der Waals surface area contributed by atoms with Crippen molar-refractivity contribution in [2.45, 2.75) is 19.0 Å². The lowest BCUT2D eigenvalue weighted by molar-refractivity contribution is 0.414. The van der Waals surface area contributed by atoms with E-state index < -0.39 is 0 Å². The second-order valence-corrected chi connectivity index (χ2v) is 9.89. The summed E-state index contributed by atoms with van der Waals surface area (Å²) >= 11 is 6.52. The van der Waals surface area contributed by atoms with Crippen LogP contribution in [0.5, 0.6) is 5.75 Å². The molecule has 6 rings (SSSR count). The van der Waals surface area contributed by atoms with E-state index in [1.807, 2.05) is 30.5 Å². The maximum atomic E-state index is 6.52. The summed E-state index contributed by atoms with van der Waals surface area (Å²) in [7, 11) is 1.68. The Morgan fingerprint density at radius 3 is 2.50 bits per heavy atom. The van der Waals surface area contributed by atoms with Crippen LogP contribution in [0.4, 0.5) is 5.69 Å². The molecule has 1 unspecified atom stereocenters. The van der Waals surface area contributed by atoms with Gasteiger partial charge in [0.2, 0.25) is 0 Å². The summed E-state index contributed by atoms with van der Waals surface area (Å²) in [4.78, 5) is 7.57. The highest BCUT2D eigenvalue weighted by Crippen LogP contribution is 2.36. The number of aliphatic imine (C=N–C) groups is 1. The minimum Gasteiger partial charge on any atom is -0.497 e. The number of nitrogens with one attached hydrogen (secondary N) is 1. The minimum atomic E-state index is -0.189. The van der Waals surface area contributed by atoms with E-state index in [9.17, 15) is 0 Å². The van der Waals surface area contributed by atoms with E-state index in [1.165, 1.54) is 16.3 Å². The van der Waals surface area contributed by atoms with Gasteiger partial charge in [-0.1, -0.05) is 72.8 Å². The third-order valence-electron chi connectivity index (χ3n) is 7.04. The zero-order valence-corrected chi connectivity index (χ0v) is 21.8. The van der Waals surface area contributed by atoms with Crippen molar-refractivity contribution in [3.05, 3.63) is 137 Å². The molecule has 4 aromatic carbocycles. The van der Waals surface area contributed by atoms with Gasteiger partial charge in [0.25, 0.3) is 0 Å². The Kier molecular flexibility index (Phi) is 6.44. The molecular formula is C32H27ClN4O. The highest BCUT2D eigenvalue weighted by molar-refractivity contribution is 6.31. The van der Waals surface area contributed by atoms with Gasteiger partial charge < -0.3 is 9.64 Å². The molecule has 38 heavy (non-hydrogen) atoms. The number of aromatic amines is 1. The summed E-state index contributed by atoms with van der Waals surface area (Å²) in [5.74, 6) is 0.829. The van der Waals surface area contributed by atoms with Crippen LogP contribution in [-0.2, 0) is 13.0 Å². The molecule has 0 bridgehead atoms. The first-order chi connectivity index (χ1) is 18.6. The summed E-state index contributed by atoms with van der Waals surface area (Å²) in [5, 5.41) is 10.2. The molecule has 0 saturated heterocycles. The van der Waals surface area contributed by atoms with Crippen molar-refractivity contribution >= 4 is 33.8 Å². The molecule has 5 nitrogen and oxygen atoms in total. The molecule has 1 aliphatic rings. The van der Waals surface area contributed by atoms with Crippen molar-refractivity contribution in [2.24, 2.45) is 4.99 Å². The lowest BCUT2D eigenvalue weighted by Gasteiger charge is -2.30. The van der Waals surface area contributed by atoms with E-state index in [-0.39, 0.29) is 6.04 Å². The van der Waals surface area contributed by atoms with E-state index in [4.69, 9.17) is 21.3 Å². The van der Waals surface area contributed by atoms with Gasteiger partial charge in [0.1, 0.15) is 5.75 Å². The Morgan fingerprint density at radius 2 is 1.74 bits per heavy atom. The topological polar surface area (TPSA) is 53.5 Å². The van der Waals surface area contributed by atoms with Crippen LogP contribution >= 0.6 is 11.6 Å². The Bertz CT molecular complexity index is 1640. The fourth-order valence-electron chi connectivity index (χ4n) is 5.03. The quantitative estimate of drug-likeness (QED) is 0.258. The summed E-state index contributed by atoms with van der Waals surface area (Å²) < 4.78 is 5.37. The number of halogens is 1. The molecule has 1 atom stereocenters. The predicted octanol–water partition coefficient (Wildman–Crippen LogP) is 7.21. The second kappa shape index (κ2) is 10.2. The van der Waals surface area contributed by atoms with Crippen molar-refractivity contribution in [2.75, 3.05) is 12.0 Å². The van der Waals surface area contributed by atoms with Crippen molar-refractivity contribution < 1.29 is 4.74 Å². The fraction of sp³-hybridized carbons (Fsp3) is 0.125. The second-order valence-electron chi connectivity index (χ2n) is 9.45. The molecule has 0 saturated carbocycles. The zero-order chi connectivity index (χ0) is 26.1. The monoisotopic (exact) mass is 518 g/mol. The smallest absolute Gasteiger partial charge is 0.118 e. The van der Waals surface area contributed by atoms with Crippen LogP contribution in [0.15, 0.2) is 115 Å². The summed E-state index contributed by atoms with van der Waals surface area (Å²) in [5.41, 5.74) is 7.00. The number of fused-ring (bicyclic) bond motifs is 2. The minimum absolute atomic E-state index is 0.189. The number of benzene rings is 4. The van der Waals surface area contributed by atoms with Crippen LogP contribution in [0.25, 0.3) is 10.8 Å². The van der Waals surface area contributed by atoms with Crippen molar-refractivity contribution in [3.8, 4) is 5.75 Å². The molecular weight excluding hydrogens is 492 g/mol. The lowest BCUT2D eigenvalue weighted by Crippen LogP contribution is -2.28. The summed E-state index contributed by atoms with van der Waals surface area (Å²) in [6.45, 7) is 5.24. The van der Waals surface area contributed by atoms with Gasteiger partial charge in [0, 0.05) is 41.0 Å². The first-order valence-electron chi connectivity index (χ1n) is 12.5. The van der Waals surface area contributed by atoms with Crippen LogP contribution in [-0.4, -0.2) is 29.1 Å².